The first-order valence-electron chi connectivity index (χ1n) is 5.11. The number of hydrogen-bond donors (Lipinski definition) is 1. The van der Waals surface area contributed by atoms with Gasteiger partial charge in [0.05, 0.1) is 0 Å². The van der Waals surface area contributed by atoms with E-state index in [9.17, 15) is 0 Å². The van der Waals surface area contributed by atoms with E-state index in [1.807, 2.05) is 31.2 Å². The van der Waals surface area contributed by atoms with E-state index < -0.39 is 0 Å². The van der Waals surface area contributed by atoms with E-state index in [-0.39, 0.29) is 0 Å². The molecule has 1 aromatic heterocycles. The molecule has 0 radical (unpaired) electrons. The van der Waals surface area contributed by atoms with Crippen molar-refractivity contribution in [2.45, 2.75) is 6.92 Å². The fraction of sp³-hybridized carbons (Fsp3) is 0.167. The summed E-state index contributed by atoms with van der Waals surface area (Å²) in [5.74, 6) is 0.653. The van der Waals surface area contributed by atoms with Crippen molar-refractivity contribution in [3.63, 3.8) is 0 Å². The van der Waals surface area contributed by atoms with E-state index in [0.29, 0.717) is 5.95 Å². The van der Waals surface area contributed by atoms with Gasteiger partial charge >= 0.3 is 0 Å². The molecule has 0 aliphatic carbocycles. The Morgan fingerprint density at radius 3 is 2.25 bits per heavy atom. The minimum Gasteiger partial charge on any atom is -0.355 e. The van der Waals surface area contributed by atoms with Crippen molar-refractivity contribution in [1.82, 2.24) is 9.97 Å². The molecule has 1 N–H and O–H groups in total. The molecule has 4 heteroatoms. The van der Waals surface area contributed by atoms with Crippen molar-refractivity contribution in [3.8, 4) is 11.1 Å². The van der Waals surface area contributed by atoms with Crippen LogP contribution in [0.15, 0.2) is 36.7 Å². The van der Waals surface area contributed by atoms with Gasteiger partial charge in [-0.25, -0.2) is 9.97 Å². The van der Waals surface area contributed by atoms with Crippen LogP contribution in [0.5, 0.6) is 0 Å². The summed E-state index contributed by atoms with van der Waals surface area (Å²) >= 11 is 5.82. The number of halogens is 1. The quantitative estimate of drug-likeness (QED) is 0.885. The molecule has 0 bridgehead atoms. The lowest BCUT2D eigenvalue weighted by Crippen LogP contribution is -2.01. The summed E-state index contributed by atoms with van der Waals surface area (Å²) in [7, 11) is 0. The van der Waals surface area contributed by atoms with Crippen LogP contribution in [0, 0.1) is 0 Å². The van der Waals surface area contributed by atoms with E-state index in [4.69, 9.17) is 11.6 Å². The summed E-state index contributed by atoms with van der Waals surface area (Å²) in [6.45, 7) is 2.83. The smallest absolute Gasteiger partial charge is 0.222 e. The maximum atomic E-state index is 5.82. The molecule has 0 saturated carbocycles. The molecule has 0 spiro atoms. The largest absolute Gasteiger partial charge is 0.355 e. The van der Waals surface area contributed by atoms with Crippen LogP contribution in [0.1, 0.15) is 6.92 Å². The molecule has 3 nitrogen and oxygen atoms in total. The molecule has 82 valence electrons. The van der Waals surface area contributed by atoms with Gasteiger partial charge in [0.2, 0.25) is 5.95 Å². The van der Waals surface area contributed by atoms with Crippen molar-refractivity contribution in [3.05, 3.63) is 41.7 Å². The summed E-state index contributed by atoms with van der Waals surface area (Å²) in [4.78, 5) is 8.42. The number of anilines is 1. The van der Waals surface area contributed by atoms with Gasteiger partial charge in [0.25, 0.3) is 0 Å². The Balaban J connectivity index is 2.24. The lowest BCUT2D eigenvalue weighted by molar-refractivity contribution is 1.09. The Morgan fingerprint density at radius 2 is 1.69 bits per heavy atom. The predicted octanol–water partition coefficient (Wildman–Crippen LogP) is 3.23. The molecule has 1 aromatic carbocycles. The van der Waals surface area contributed by atoms with Crippen LogP contribution < -0.4 is 5.32 Å². The molecule has 0 unspecified atom stereocenters. The summed E-state index contributed by atoms with van der Waals surface area (Å²) in [5, 5.41) is 3.78. The third-order valence-corrected chi connectivity index (χ3v) is 2.42. The fourth-order valence-electron chi connectivity index (χ4n) is 1.37. The van der Waals surface area contributed by atoms with Crippen LogP contribution >= 0.6 is 11.6 Å². The summed E-state index contributed by atoms with van der Waals surface area (Å²) < 4.78 is 0. The monoisotopic (exact) mass is 233 g/mol. The third-order valence-electron chi connectivity index (χ3n) is 2.16. The van der Waals surface area contributed by atoms with Crippen molar-refractivity contribution >= 4 is 17.5 Å². The van der Waals surface area contributed by atoms with Gasteiger partial charge in [-0.2, -0.15) is 0 Å². The Morgan fingerprint density at radius 1 is 1.06 bits per heavy atom. The fourth-order valence-corrected chi connectivity index (χ4v) is 1.49. The molecule has 2 rings (SSSR count). The van der Waals surface area contributed by atoms with Crippen LogP contribution in [-0.2, 0) is 0 Å². The number of aromatic nitrogens is 2. The zero-order valence-electron chi connectivity index (χ0n) is 8.94. The first-order valence-corrected chi connectivity index (χ1v) is 5.49. The second-order valence-corrected chi connectivity index (χ2v) is 3.77. The molecule has 2 aromatic rings. The van der Waals surface area contributed by atoms with Crippen LogP contribution in [-0.4, -0.2) is 16.5 Å². The number of nitrogens with one attached hydrogen (secondary N) is 1. The van der Waals surface area contributed by atoms with Crippen molar-refractivity contribution in [2.24, 2.45) is 0 Å². The molecule has 0 aliphatic heterocycles. The maximum absolute atomic E-state index is 5.82. The van der Waals surface area contributed by atoms with Crippen LogP contribution in [0.3, 0.4) is 0 Å². The zero-order chi connectivity index (χ0) is 11.4. The van der Waals surface area contributed by atoms with E-state index in [1.165, 1.54) is 0 Å². The van der Waals surface area contributed by atoms with Gasteiger partial charge in [-0.1, -0.05) is 23.7 Å². The lowest BCUT2D eigenvalue weighted by atomic mass is 10.1. The highest BCUT2D eigenvalue weighted by molar-refractivity contribution is 6.30. The zero-order valence-corrected chi connectivity index (χ0v) is 9.70. The highest BCUT2D eigenvalue weighted by Gasteiger charge is 1.99. The number of benzene rings is 1. The Labute approximate surface area is 99.5 Å². The predicted molar refractivity (Wildman–Crippen MR) is 66.6 cm³/mol. The molecule has 0 aliphatic rings. The SMILES string of the molecule is CCNc1ncc(-c2ccc(Cl)cc2)cn1. The highest BCUT2D eigenvalue weighted by atomic mass is 35.5. The summed E-state index contributed by atoms with van der Waals surface area (Å²) in [6.07, 6.45) is 3.60. The number of rotatable bonds is 3. The van der Waals surface area contributed by atoms with Crippen molar-refractivity contribution < 1.29 is 0 Å². The van der Waals surface area contributed by atoms with E-state index >= 15 is 0 Å². The van der Waals surface area contributed by atoms with E-state index in [0.717, 1.165) is 22.7 Å². The minimum atomic E-state index is 0.653. The lowest BCUT2D eigenvalue weighted by Gasteiger charge is -2.03. The molecular formula is C12H12ClN3. The van der Waals surface area contributed by atoms with Gasteiger partial charge in [0.1, 0.15) is 0 Å². The second-order valence-electron chi connectivity index (χ2n) is 3.33. The van der Waals surface area contributed by atoms with Crippen LogP contribution in [0.4, 0.5) is 5.95 Å². The Bertz CT molecular complexity index is 451. The van der Waals surface area contributed by atoms with E-state index in [1.54, 1.807) is 12.4 Å². The second kappa shape index (κ2) is 4.94. The van der Waals surface area contributed by atoms with Gasteiger partial charge in [0, 0.05) is 29.5 Å². The van der Waals surface area contributed by atoms with Gasteiger partial charge in [0.15, 0.2) is 0 Å². The van der Waals surface area contributed by atoms with Gasteiger partial charge in [-0.15, -0.1) is 0 Å². The molecule has 0 saturated heterocycles. The highest BCUT2D eigenvalue weighted by Crippen LogP contribution is 2.20. The standard InChI is InChI=1S/C12H12ClN3/c1-2-14-12-15-7-10(8-16-12)9-3-5-11(13)6-4-9/h3-8H,2H2,1H3,(H,14,15,16). The average molecular weight is 234 g/mol. The van der Waals surface area contributed by atoms with Gasteiger partial charge in [-0.05, 0) is 24.6 Å². The van der Waals surface area contributed by atoms with Crippen molar-refractivity contribution in [1.29, 1.82) is 0 Å². The van der Waals surface area contributed by atoms with Gasteiger partial charge < -0.3 is 5.32 Å². The summed E-state index contributed by atoms with van der Waals surface area (Å²) in [5.41, 5.74) is 2.05. The molecule has 0 atom stereocenters. The Hall–Kier alpha value is -1.61. The first kappa shape index (κ1) is 10.9. The van der Waals surface area contributed by atoms with Crippen LogP contribution in [0.2, 0.25) is 5.02 Å². The first-order chi connectivity index (χ1) is 7.79. The molecule has 0 fully saturated rings. The topological polar surface area (TPSA) is 37.8 Å². The Kier molecular flexibility index (Phi) is 3.37. The average Bonchev–Trinajstić information content (AvgIpc) is 2.32. The van der Waals surface area contributed by atoms with E-state index in [2.05, 4.69) is 15.3 Å². The molecule has 0 amide bonds. The number of hydrogen-bond acceptors (Lipinski definition) is 3. The van der Waals surface area contributed by atoms with Crippen LogP contribution in [0.25, 0.3) is 11.1 Å². The minimum absolute atomic E-state index is 0.653. The third kappa shape index (κ3) is 2.49. The van der Waals surface area contributed by atoms with Gasteiger partial charge in [-0.3, -0.25) is 0 Å². The molecule has 16 heavy (non-hydrogen) atoms. The normalized spacial score (nSPS) is 10.1. The number of nitrogens with zero attached hydrogens (tertiary/aromatic N) is 2. The van der Waals surface area contributed by atoms with Crippen molar-refractivity contribution in [2.75, 3.05) is 11.9 Å². The molecular weight excluding hydrogens is 222 g/mol. The summed E-state index contributed by atoms with van der Waals surface area (Å²) in [6, 6.07) is 7.62. The maximum Gasteiger partial charge on any atom is 0.222 e. The molecule has 1 heterocycles.